The van der Waals surface area contributed by atoms with Crippen LogP contribution in [-0.4, -0.2) is 15.0 Å². The van der Waals surface area contributed by atoms with Gasteiger partial charge in [0, 0.05) is 43.7 Å². The van der Waals surface area contributed by atoms with Gasteiger partial charge in [0.2, 0.25) is 0 Å². The third-order valence-electron chi connectivity index (χ3n) is 13.4. The molecule has 0 atom stereocenters. The van der Waals surface area contributed by atoms with Crippen molar-refractivity contribution in [1.29, 1.82) is 0 Å². The van der Waals surface area contributed by atoms with E-state index in [9.17, 15) is 0 Å². The number of aromatic nitrogens is 3. The van der Waals surface area contributed by atoms with Crippen LogP contribution in [0.5, 0.6) is 0 Å². The molecule has 0 aliphatic heterocycles. The third kappa shape index (κ3) is 5.89. The number of para-hydroxylation sites is 1. The molecule has 0 amide bonds. The summed E-state index contributed by atoms with van der Waals surface area (Å²) in [6, 6.07) is 70.2. The summed E-state index contributed by atoms with van der Waals surface area (Å²) in [7, 11) is 0. The lowest BCUT2D eigenvalue weighted by Gasteiger charge is -2.21. The van der Waals surface area contributed by atoms with Crippen LogP contribution in [0, 0.1) is 0 Å². The Balaban J connectivity index is 0.987. The molecule has 0 radical (unpaired) electrons. The van der Waals surface area contributed by atoms with Crippen molar-refractivity contribution in [2.75, 3.05) is 0 Å². The average Bonchev–Trinajstić information content (AvgIpc) is 4.01. The first kappa shape index (κ1) is 37.2. The van der Waals surface area contributed by atoms with Crippen LogP contribution >= 0.6 is 0 Å². The number of furan rings is 2. The average molecular weight is 834 g/mol. The molecular weight excluding hydrogens is 795 g/mol. The van der Waals surface area contributed by atoms with Gasteiger partial charge in [0.1, 0.15) is 22.3 Å². The Hall–Kier alpha value is -8.41. The summed E-state index contributed by atoms with van der Waals surface area (Å²) in [6.07, 6.45) is 0. The summed E-state index contributed by atoms with van der Waals surface area (Å²) in [5.74, 6) is 1.70. The lowest BCUT2D eigenvalue weighted by atomic mass is 9.82. The fourth-order valence-electron chi connectivity index (χ4n) is 10.2. The molecule has 9 aromatic carbocycles. The summed E-state index contributed by atoms with van der Waals surface area (Å²) in [6.45, 7) is 4.67. The van der Waals surface area contributed by atoms with Crippen molar-refractivity contribution in [1.82, 2.24) is 15.0 Å². The van der Waals surface area contributed by atoms with Gasteiger partial charge in [-0.25, -0.2) is 15.0 Å². The van der Waals surface area contributed by atoms with Crippen LogP contribution in [0.2, 0.25) is 0 Å². The molecule has 1 aliphatic rings. The molecule has 0 fully saturated rings. The van der Waals surface area contributed by atoms with Crippen molar-refractivity contribution in [2.45, 2.75) is 19.3 Å². The van der Waals surface area contributed by atoms with Crippen molar-refractivity contribution in [3.05, 3.63) is 211 Å². The molecule has 0 N–H and O–H groups in total. The maximum atomic E-state index is 6.61. The smallest absolute Gasteiger partial charge is 0.164 e. The van der Waals surface area contributed by atoms with E-state index >= 15 is 0 Å². The van der Waals surface area contributed by atoms with Crippen LogP contribution in [0.3, 0.4) is 0 Å². The van der Waals surface area contributed by atoms with Gasteiger partial charge in [0.15, 0.2) is 17.5 Å². The minimum absolute atomic E-state index is 0.0716. The van der Waals surface area contributed by atoms with E-state index in [1.165, 1.54) is 33.4 Å². The van der Waals surface area contributed by atoms with Crippen molar-refractivity contribution in [2.24, 2.45) is 0 Å². The molecule has 0 unspecified atom stereocenters. The highest BCUT2D eigenvalue weighted by atomic mass is 16.3. The molecular formula is C60H39N3O2. The van der Waals surface area contributed by atoms with E-state index in [1.807, 2.05) is 48.5 Å². The normalized spacial score (nSPS) is 12.9. The van der Waals surface area contributed by atoms with Gasteiger partial charge in [0.25, 0.3) is 0 Å². The first-order chi connectivity index (χ1) is 32.0. The molecule has 12 aromatic rings. The molecule has 0 bridgehead atoms. The SMILES string of the molecule is CC1(C)c2ccccc2-c2c(-c3cccc(-c4ccc5oc6cccc(-c7nc(-c8cccc(-c9ccccc9)c8)nc(-c8cccc9oc%10ccccc%10c89)n7)c6c5c4)c3)cccc21. The van der Waals surface area contributed by atoms with Crippen LogP contribution in [0.15, 0.2) is 209 Å². The lowest BCUT2D eigenvalue weighted by Crippen LogP contribution is -2.14. The zero-order valence-electron chi connectivity index (χ0n) is 35.7. The molecule has 0 spiro atoms. The Morgan fingerprint density at radius 1 is 0.323 bits per heavy atom. The fraction of sp³-hybridized carbons (Fsp3) is 0.0500. The quantitative estimate of drug-likeness (QED) is 0.167. The Labute approximate surface area is 375 Å². The second-order valence-electron chi connectivity index (χ2n) is 17.5. The van der Waals surface area contributed by atoms with Gasteiger partial charge in [-0.15, -0.1) is 0 Å². The Morgan fingerprint density at radius 3 is 1.60 bits per heavy atom. The summed E-state index contributed by atoms with van der Waals surface area (Å²) in [4.78, 5) is 15.9. The number of rotatable bonds is 6. The molecule has 0 saturated carbocycles. The number of hydrogen-bond acceptors (Lipinski definition) is 5. The van der Waals surface area contributed by atoms with Crippen molar-refractivity contribution >= 4 is 43.9 Å². The predicted octanol–water partition coefficient (Wildman–Crippen LogP) is 16.0. The summed E-state index contributed by atoms with van der Waals surface area (Å²) in [5, 5.41) is 3.93. The minimum Gasteiger partial charge on any atom is -0.456 e. The standard InChI is InChI=1S/C60H39N3O2/c1-60(2)48-26-8-6-21-43(48)54-42(23-12-27-49(54)60)40-19-10-18-38(33-40)39-31-32-51-47(35-39)56-46(25-14-30-53(56)65-51)59-62-57(41-20-11-17-37(34-41)36-15-4-3-5-16-36)61-58(63-59)45-24-13-29-52-55(45)44-22-7-9-28-50(44)64-52/h3-35H,1-2H3. The highest BCUT2D eigenvalue weighted by Crippen LogP contribution is 2.52. The zero-order chi connectivity index (χ0) is 43.2. The highest BCUT2D eigenvalue weighted by molar-refractivity contribution is 6.14. The topological polar surface area (TPSA) is 65.0 Å². The minimum atomic E-state index is -0.0716. The third-order valence-corrected chi connectivity index (χ3v) is 13.4. The van der Waals surface area contributed by atoms with Crippen LogP contribution in [0.4, 0.5) is 0 Å². The molecule has 0 saturated heterocycles. The van der Waals surface area contributed by atoms with E-state index in [-0.39, 0.29) is 5.41 Å². The second-order valence-corrected chi connectivity index (χ2v) is 17.5. The van der Waals surface area contributed by atoms with E-state index in [2.05, 4.69) is 166 Å². The summed E-state index contributed by atoms with van der Waals surface area (Å²) in [5.41, 5.74) is 18.0. The van der Waals surface area contributed by atoms with E-state index < -0.39 is 0 Å². The molecule has 3 heterocycles. The van der Waals surface area contributed by atoms with E-state index in [1.54, 1.807) is 0 Å². The van der Waals surface area contributed by atoms with Crippen LogP contribution in [0.1, 0.15) is 25.0 Å². The van der Waals surface area contributed by atoms with Crippen LogP contribution in [0.25, 0.3) is 123 Å². The predicted molar refractivity (Wildman–Crippen MR) is 265 cm³/mol. The molecule has 1 aliphatic carbocycles. The molecule has 306 valence electrons. The molecule has 3 aromatic heterocycles. The van der Waals surface area contributed by atoms with Gasteiger partial charge in [-0.2, -0.15) is 0 Å². The van der Waals surface area contributed by atoms with Gasteiger partial charge >= 0.3 is 0 Å². The Morgan fingerprint density at radius 2 is 0.815 bits per heavy atom. The van der Waals surface area contributed by atoms with E-state index in [0.717, 1.165) is 82.8 Å². The number of fused-ring (bicyclic) bond motifs is 9. The van der Waals surface area contributed by atoms with E-state index in [4.69, 9.17) is 23.8 Å². The van der Waals surface area contributed by atoms with Gasteiger partial charge in [0.05, 0.1) is 0 Å². The van der Waals surface area contributed by atoms with Crippen LogP contribution < -0.4 is 0 Å². The van der Waals surface area contributed by atoms with Gasteiger partial charge in [-0.3, -0.25) is 0 Å². The maximum Gasteiger partial charge on any atom is 0.164 e. The van der Waals surface area contributed by atoms with Crippen LogP contribution in [-0.2, 0) is 5.41 Å². The first-order valence-corrected chi connectivity index (χ1v) is 22.1. The second kappa shape index (κ2) is 14.3. The monoisotopic (exact) mass is 833 g/mol. The molecule has 5 nitrogen and oxygen atoms in total. The largest absolute Gasteiger partial charge is 0.456 e. The molecule has 5 heteroatoms. The number of benzene rings is 9. The molecule has 13 rings (SSSR count). The Kier molecular flexibility index (Phi) is 8.18. The van der Waals surface area contributed by atoms with Crippen molar-refractivity contribution < 1.29 is 8.83 Å². The number of hydrogen-bond donors (Lipinski definition) is 0. The highest BCUT2D eigenvalue weighted by Gasteiger charge is 2.36. The zero-order valence-corrected chi connectivity index (χ0v) is 35.7. The summed E-state index contributed by atoms with van der Waals surface area (Å²) < 4.78 is 13.0. The van der Waals surface area contributed by atoms with Crippen molar-refractivity contribution in [3.8, 4) is 78.7 Å². The molecule has 65 heavy (non-hydrogen) atoms. The van der Waals surface area contributed by atoms with E-state index in [0.29, 0.717) is 17.5 Å². The lowest BCUT2D eigenvalue weighted by molar-refractivity contribution is 0.660. The van der Waals surface area contributed by atoms with Gasteiger partial charge in [-0.05, 0) is 98.1 Å². The fourth-order valence-corrected chi connectivity index (χ4v) is 10.2. The Bertz CT molecular complexity index is 3880. The van der Waals surface area contributed by atoms with Crippen molar-refractivity contribution in [3.63, 3.8) is 0 Å². The van der Waals surface area contributed by atoms with Gasteiger partial charge in [-0.1, -0.05) is 172 Å². The first-order valence-electron chi connectivity index (χ1n) is 22.1. The number of nitrogens with zero attached hydrogens (tertiary/aromatic N) is 3. The maximum absolute atomic E-state index is 6.61. The van der Waals surface area contributed by atoms with Gasteiger partial charge < -0.3 is 8.83 Å². The summed E-state index contributed by atoms with van der Waals surface area (Å²) >= 11 is 0.